The molecule has 1 aliphatic heterocycles. The average Bonchev–Trinajstić information content (AvgIpc) is 2.38. The van der Waals surface area contributed by atoms with E-state index in [0.29, 0.717) is 0 Å². The SMILES string of the molecule is CC(=O)NC1CCCN(C(C)c2ccc(F)cc2)C1. The maximum Gasteiger partial charge on any atom is 0.217 e. The van der Waals surface area contributed by atoms with Crippen LogP contribution in [0.15, 0.2) is 24.3 Å². The highest BCUT2D eigenvalue weighted by Crippen LogP contribution is 2.24. The van der Waals surface area contributed by atoms with Gasteiger partial charge < -0.3 is 5.32 Å². The summed E-state index contributed by atoms with van der Waals surface area (Å²) in [5.41, 5.74) is 1.12. The highest BCUT2D eigenvalue weighted by Gasteiger charge is 2.24. The number of halogens is 1. The second-order valence-corrected chi connectivity index (χ2v) is 5.26. The van der Waals surface area contributed by atoms with Crippen LogP contribution in [0.4, 0.5) is 4.39 Å². The number of carbonyl (C=O) groups excluding carboxylic acids is 1. The molecule has 4 heteroatoms. The summed E-state index contributed by atoms with van der Waals surface area (Å²) >= 11 is 0. The van der Waals surface area contributed by atoms with E-state index in [2.05, 4.69) is 17.1 Å². The largest absolute Gasteiger partial charge is 0.352 e. The van der Waals surface area contributed by atoms with E-state index in [1.165, 1.54) is 12.1 Å². The number of hydrogen-bond acceptors (Lipinski definition) is 2. The van der Waals surface area contributed by atoms with Gasteiger partial charge in [0, 0.05) is 25.6 Å². The minimum atomic E-state index is -0.203. The van der Waals surface area contributed by atoms with Crippen LogP contribution >= 0.6 is 0 Å². The van der Waals surface area contributed by atoms with Crippen molar-refractivity contribution < 1.29 is 9.18 Å². The van der Waals surface area contributed by atoms with Gasteiger partial charge in [-0.1, -0.05) is 12.1 Å². The first-order valence-electron chi connectivity index (χ1n) is 6.83. The normalized spacial score (nSPS) is 21.9. The van der Waals surface area contributed by atoms with Crippen molar-refractivity contribution in [3.8, 4) is 0 Å². The lowest BCUT2D eigenvalue weighted by Gasteiger charge is -2.37. The molecule has 1 N–H and O–H groups in total. The molecule has 1 aliphatic rings. The number of rotatable bonds is 3. The lowest BCUT2D eigenvalue weighted by molar-refractivity contribution is -0.120. The molecule has 0 radical (unpaired) electrons. The van der Waals surface area contributed by atoms with Crippen molar-refractivity contribution in [2.24, 2.45) is 0 Å². The zero-order valence-corrected chi connectivity index (χ0v) is 11.5. The van der Waals surface area contributed by atoms with Crippen molar-refractivity contribution in [1.29, 1.82) is 0 Å². The molecule has 2 unspecified atom stereocenters. The van der Waals surface area contributed by atoms with Gasteiger partial charge in [-0.3, -0.25) is 9.69 Å². The number of nitrogens with zero attached hydrogens (tertiary/aromatic N) is 1. The lowest BCUT2D eigenvalue weighted by Crippen LogP contribution is -2.47. The fraction of sp³-hybridized carbons (Fsp3) is 0.533. The van der Waals surface area contributed by atoms with Gasteiger partial charge in [-0.05, 0) is 44.0 Å². The summed E-state index contributed by atoms with van der Waals surface area (Å²) < 4.78 is 12.9. The van der Waals surface area contributed by atoms with Crippen LogP contribution in [0.2, 0.25) is 0 Å². The van der Waals surface area contributed by atoms with Gasteiger partial charge in [-0.15, -0.1) is 0 Å². The van der Waals surface area contributed by atoms with Crippen LogP contribution in [0.3, 0.4) is 0 Å². The molecule has 0 aromatic heterocycles. The Morgan fingerprint density at radius 3 is 2.74 bits per heavy atom. The Hall–Kier alpha value is -1.42. The topological polar surface area (TPSA) is 32.3 Å². The standard InChI is InChI=1S/C15H21FN2O/c1-11(13-5-7-14(16)8-6-13)18-9-3-4-15(10-18)17-12(2)19/h5-8,11,15H,3-4,9-10H2,1-2H3,(H,17,19). The number of piperidine rings is 1. The zero-order chi connectivity index (χ0) is 13.8. The summed E-state index contributed by atoms with van der Waals surface area (Å²) in [6.45, 7) is 5.57. The van der Waals surface area contributed by atoms with Crippen LogP contribution in [0.1, 0.15) is 38.3 Å². The smallest absolute Gasteiger partial charge is 0.217 e. The average molecular weight is 264 g/mol. The Labute approximate surface area is 113 Å². The third-order valence-electron chi connectivity index (χ3n) is 3.76. The van der Waals surface area contributed by atoms with Crippen LogP contribution < -0.4 is 5.32 Å². The van der Waals surface area contributed by atoms with Crippen LogP contribution in [-0.4, -0.2) is 29.9 Å². The molecular formula is C15H21FN2O. The van der Waals surface area contributed by atoms with E-state index in [1.807, 2.05) is 12.1 Å². The van der Waals surface area contributed by atoms with Crippen LogP contribution in [0.25, 0.3) is 0 Å². The second-order valence-electron chi connectivity index (χ2n) is 5.26. The summed E-state index contributed by atoms with van der Waals surface area (Å²) in [6, 6.07) is 7.15. The van der Waals surface area contributed by atoms with Gasteiger partial charge in [0.2, 0.25) is 5.91 Å². The Morgan fingerprint density at radius 1 is 1.42 bits per heavy atom. The Balaban J connectivity index is 2.00. The van der Waals surface area contributed by atoms with Crippen LogP contribution in [0.5, 0.6) is 0 Å². The first-order valence-corrected chi connectivity index (χ1v) is 6.83. The Kier molecular flexibility index (Phi) is 4.53. The van der Waals surface area contributed by atoms with Crippen molar-refractivity contribution >= 4 is 5.91 Å². The fourth-order valence-corrected chi connectivity index (χ4v) is 2.72. The van der Waals surface area contributed by atoms with Gasteiger partial charge in [0.1, 0.15) is 5.82 Å². The third kappa shape index (κ3) is 3.77. The summed E-state index contributed by atoms with van der Waals surface area (Å²) in [5.74, 6) is -0.174. The molecule has 1 aromatic rings. The summed E-state index contributed by atoms with van der Waals surface area (Å²) in [6.07, 6.45) is 2.11. The maximum atomic E-state index is 12.9. The first kappa shape index (κ1) is 14.0. The van der Waals surface area contributed by atoms with Crippen LogP contribution in [0, 0.1) is 5.82 Å². The monoisotopic (exact) mass is 264 g/mol. The van der Waals surface area contributed by atoms with E-state index < -0.39 is 0 Å². The van der Waals surface area contributed by atoms with Crippen molar-refractivity contribution in [1.82, 2.24) is 10.2 Å². The minimum Gasteiger partial charge on any atom is -0.352 e. The molecule has 1 fully saturated rings. The molecule has 0 aliphatic carbocycles. The number of nitrogens with one attached hydrogen (secondary N) is 1. The molecule has 1 saturated heterocycles. The number of likely N-dealkylation sites (tertiary alicyclic amines) is 1. The zero-order valence-electron chi connectivity index (χ0n) is 11.5. The van der Waals surface area contributed by atoms with Crippen molar-refractivity contribution in [2.75, 3.05) is 13.1 Å². The summed E-state index contributed by atoms with van der Waals surface area (Å²) in [7, 11) is 0. The summed E-state index contributed by atoms with van der Waals surface area (Å²) in [5, 5.41) is 2.99. The quantitative estimate of drug-likeness (QED) is 0.909. The van der Waals surface area contributed by atoms with E-state index in [1.54, 1.807) is 6.92 Å². The molecule has 1 heterocycles. The van der Waals surface area contributed by atoms with Gasteiger partial charge in [0.05, 0.1) is 0 Å². The molecule has 2 rings (SSSR count). The Bertz CT molecular complexity index is 432. The predicted molar refractivity (Wildman–Crippen MR) is 73.2 cm³/mol. The second kappa shape index (κ2) is 6.15. The molecule has 1 amide bonds. The van der Waals surface area contributed by atoms with Crippen LogP contribution in [-0.2, 0) is 4.79 Å². The van der Waals surface area contributed by atoms with E-state index in [9.17, 15) is 9.18 Å². The fourth-order valence-electron chi connectivity index (χ4n) is 2.72. The third-order valence-corrected chi connectivity index (χ3v) is 3.76. The number of hydrogen-bond donors (Lipinski definition) is 1. The predicted octanol–water partition coefficient (Wildman–Crippen LogP) is 2.49. The highest BCUT2D eigenvalue weighted by molar-refractivity contribution is 5.73. The molecule has 0 spiro atoms. The van der Waals surface area contributed by atoms with Crippen molar-refractivity contribution in [3.05, 3.63) is 35.6 Å². The molecule has 0 saturated carbocycles. The summed E-state index contributed by atoms with van der Waals surface area (Å²) in [4.78, 5) is 13.5. The molecule has 3 nitrogen and oxygen atoms in total. The molecule has 19 heavy (non-hydrogen) atoms. The van der Waals surface area contributed by atoms with Gasteiger partial charge in [-0.25, -0.2) is 4.39 Å². The van der Waals surface area contributed by atoms with Gasteiger partial charge in [-0.2, -0.15) is 0 Å². The first-order chi connectivity index (χ1) is 9.06. The maximum absolute atomic E-state index is 12.9. The molecule has 104 valence electrons. The number of carbonyl (C=O) groups is 1. The molecular weight excluding hydrogens is 243 g/mol. The minimum absolute atomic E-state index is 0.0290. The van der Waals surface area contributed by atoms with E-state index >= 15 is 0 Å². The van der Waals surface area contributed by atoms with E-state index in [0.717, 1.165) is 31.5 Å². The van der Waals surface area contributed by atoms with Gasteiger partial charge in [0.15, 0.2) is 0 Å². The highest BCUT2D eigenvalue weighted by atomic mass is 19.1. The molecule has 2 atom stereocenters. The van der Waals surface area contributed by atoms with E-state index in [-0.39, 0.29) is 23.8 Å². The van der Waals surface area contributed by atoms with Crippen molar-refractivity contribution in [2.45, 2.75) is 38.8 Å². The molecule has 1 aromatic carbocycles. The Morgan fingerprint density at radius 2 is 2.11 bits per heavy atom. The number of amides is 1. The molecule has 0 bridgehead atoms. The lowest BCUT2D eigenvalue weighted by atomic mass is 10.0. The van der Waals surface area contributed by atoms with Crippen molar-refractivity contribution in [3.63, 3.8) is 0 Å². The van der Waals surface area contributed by atoms with E-state index in [4.69, 9.17) is 0 Å². The van der Waals surface area contributed by atoms with Gasteiger partial charge in [0.25, 0.3) is 0 Å². The van der Waals surface area contributed by atoms with Gasteiger partial charge >= 0.3 is 0 Å². The number of benzene rings is 1.